The Morgan fingerprint density at radius 3 is 2.67 bits per heavy atom. The van der Waals surface area contributed by atoms with E-state index in [1.807, 2.05) is 4.90 Å². The van der Waals surface area contributed by atoms with Crippen LogP contribution in [0, 0.1) is 0 Å². The molecule has 0 radical (unpaired) electrons. The number of carbonyl (C=O) groups excluding carboxylic acids is 2. The van der Waals surface area contributed by atoms with E-state index in [1.54, 1.807) is 0 Å². The molecule has 0 aromatic heterocycles. The fourth-order valence-corrected chi connectivity index (χ4v) is 2.16. The van der Waals surface area contributed by atoms with E-state index >= 15 is 0 Å². The fourth-order valence-electron chi connectivity index (χ4n) is 2.16. The van der Waals surface area contributed by atoms with E-state index in [0.717, 1.165) is 25.8 Å². The second kappa shape index (κ2) is 8.99. The third kappa shape index (κ3) is 5.55. The van der Waals surface area contributed by atoms with Gasteiger partial charge in [0.05, 0.1) is 0 Å². The van der Waals surface area contributed by atoms with Crippen LogP contribution in [0.25, 0.3) is 0 Å². The van der Waals surface area contributed by atoms with Gasteiger partial charge in [-0.25, -0.2) is 4.79 Å². The van der Waals surface area contributed by atoms with Gasteiger partial charge in [0.2, 0.25) is 5.91 Å². The summed E-state index contributed by atoms with van der Waals surface area (Å²) in [5.41, 5.74) is 10.4. The normalized spacial score (nSPS) is 18.9. The summed E-state index contributed by atoms with van der Waals surface area (Å²) in [5.74, 6) is 0.131. The summed E-state index contributed by atoms with van der Waals surface area (Å²) in [6.45, 7) is 1.75. The molecule has 1 atom stereocenters. The van der Waals surface area contributed by atoms with Gasteiger partial charge in [-0.15, -0.1) is 12.4 Å². The van der Waals surface area contributed by atoms with Gasteiger partial charge in [0.1, 0.15) is 0 Å². The standard InChI is InChI=1S/C11H22N4O2.ClH/c12-6-3-5-10(16)15-7-2-1-4-9(15)8-14-11(13)17;/h9H,1-8,12H2,(H3,13,14,17);1H. The first-order valence-electron chi connectivity index (χ1n) is 6.18. The number of primary amides is 1. The van der Waals surface area contributed by atoms with Gasteiger partial charge in [-0.05, 0) is 32.2 Å². The third-order valence-electron chi connectivity index (χ3n) is 3.05. The van der Waals surface area contributed by atoms with Gasteiger partial charge >= 0.3 is 6.03 Å². The monoisotopic (exact) mass is 278 g/mol. The Hall–Kier alpha value is -1.01. The van der Waals surface area contributed by atoms with E-state index in [0.29, 0.717) is 25.9 Å². The van der Waals surface area contributed by atoms with E-state index in [2.05, 4.69) is 5.32 Å². The Labute approximate surface area is 114 Å². The van der Waals surface area contributed by atoms with E-state index in [9.17, 15) is 9.59 Å². The molecule has 1 aliphatic heterocycles. The number of piperidine rings is 1. The van der Waals surface area contributed by atoms with Gasteiger partial charge in [0.25, 0.3) is 0 Å². The molecule has 0 spiro atoms. The van der Waals surface area contributed by atoms with Crippen LogP contribution in [-0.4, -0.2) is 42.5 Å². The summed E-state index contributed by atoms with van der Waals surface area (Å²) in [6, 6.07) is -0.452. The number of amides is 3. The zero-order valence-corrected chi connectivity index (χ0v) is 11.4. The first kappa shape index (κ1) is 17.0. The SMILES string of the molecule is Cl.NCCCC(=O)N1CCCCC1CNC(N)=O. The van der Waals surface area contributed by atoms with E-state index in [4.69, 9.17) is 11.5 Å². The largest absolute Gasteiger partial charge is 0.352 e. The lowest BCUT2D eigenvalue weighted by Crippen LogP contribution is -2.50. The predicted molar refractivity (Wildman–Crippen MR) is 72.5 cm³/mol. The maximum atomic E-state index is 11.9. The molecule has 1 rings (SSSR count). The second-order valence-electron chi connectivity index (χ2n) is 4.37. The summed E-state index contributed by atoms with van der Waals surface area (Å²) < 4.78 is 0. The van der Waals surface area contributed by atoms with Crippen LogP contribution in [0.2, 0.25) is 0 Å². The van der Waals surface area contributed by atoms with Crippen molar-refractivity contribution in [2.45, 2.75) is 38.1 Å². The fraction of sp³-hybridized carbons (Fsp3) is 0.818. The van der Waals surface area contributed by atoms with Crippen molar-refractivity contribution in [3.8, 4) is 0 Å². The molecule has 1 heterocycles. The van der Waals surface area contributed by atoms with Crippen LogP contribution < -0.4 is 16.8 Å². The Balaban J connectivity index is 0.00000289. The molecular formula is C11H23ClN4O2. The molecule has 1 fully saturated rings. The highest BCUT2D eigenvalue weighted by Gasteiger charge is 2.26. The van der Waals surface area contributed by atoms with Crippen LogP contribution in [0.4, 0.5) is 4.79 Å². The van der Waals surface area contributed by atoms with Crippen molar-refractivity contribution in [3.63, 3.8) is 0 Å². The van der Waals surface area contributed by atoms with Crippen molar-refractivity contribution in [2.75, 3.05) is 19.6 Å². The molecule has 6 nitrogen and oxygen atoms in total. The van der Waals surface area contributed by atoms with Crippen LogP contribution in [0.5, 0.6) is 0 Å². The zero-order chi connectivity index (χ0) is 12.7. The number of carbonyl (C=O) groups is 2. The summed E-state index contributed by atoms with van der Waals surface area (Å²) in [7, 11) is 0. The molecule has 1 saturated heterocycles. The minimum absolute atomic E-state index is 0. The number of rotatable bonds is 5. The summed E-state index contributed by atoms with van der Waals surface area (Å²) in [4.78, 5) is 24.5. The summed E-state index contributed by atoms with van der Waals surface area (Å²) in [5, 5.41) is 2.58. The van der Waals surface area contributed by atoms with Crippen LogP contribution >= 0.6 is 12.4 Å². The Kier molecular flexibility index (Phi) is 8.49. The minimum Gasteiger partial charge on any atom is -0.352 e. The Morgan fingerprint density at radius 2 is 2.06 bits per heavy atom. The average molecular weight is 279 g/mol. The highest BCUT2D eigenvalue weighted by molar-refractivity contribution is 5.85. The summed E-state index contributed by atoms with van der Waals surface area (Å²) in [6.07, 6.45) is 4.25. The molecule has 7 heteroatoms. The Bertz CT molecular complexity index is 276. The number of nitrogens with two attached hydrogens (primary N) is 2. The maximum absolute atomic E-state index is 11.9. The molecule has 1 aliphatic rings. The molecule has 1 unspecified atom stereocenters. The first-order valence-corrected chi connectivity index (χ1v) is 6.18. The van der Waals surface area contributed by atoms with Gasteiger partial charge in [-0.2, -0.15) is 0 Å². The van der Waals surface area contributed by atoms with Crippen molar-refractivity contribution in [1.82, 2.24) is 10.2 Å². The molecule has 5 N–H and O–H groups in total. The first-order chi connectivity index (χ1) is 8.15. The van der Waals surface area contributed by atoms with E-state index in [-0.39, 0.29) is 24.4 Å². The molecule has 0 aromatic rings. The lowest BCUT2D eigenvalue weighted by molar-refractivity contribution is -0.134. The second-order valence-corrected chi connectivity index (χ2v) is 4.37. The van der Waals surface area contributed by atoms with Crippen molar-refractivity contribution in [2.24, 2.45) is 11.5 Å². The molecule has 0 saturated carbocycles. The van der Waals surface area contributed by atoms with Crippen LogP contribution in [0.1, 0.15) is 32.1 Å². The number of nitrogens with zero attached hydrogens (tertiary/aromatic N) is 1. The van der Waals surface area contributed by atoms with Gasteiger partial charge in [-0.3, -0.25) is 4.79 Å². The lowest BCUT2D eigenvalue weighted by atomic mass is 10.0. The van der Waals surface area contributed by atoms with Gasteiger partial charge in [0.15, 0.2) is 0 Å². The van der Waals surface area contributed by atoms with Crippen LogP contribution in [0.3, 0.4) is 0 Å². The zero-order valence-electron chi connectivity index (χ0n) is 10.6. The molecule has 0 aromatic carbocycles. The number of halogens is 1. The van der Waals surface area contributed by atoms with Crippen molar-refractivity contribution in [3.05, 3.63) is 0 Å². The number of likely N-dealkylation sites (tertiary alicyclic amines) is 1. The van der Waals surface area contributed by atoms with Gasteiger partial charge in [0, 0.05) is 25.6 Å². The third-order valence-corrected chi connectivity index (χ3v) is 3.05. The Morgan fingerprint density at radius 1 is 1.33 bits per heavy atom. The van der Waals surface area contributed by atoms with E-state index in [1.165, 1.54) is 0 Å². The topological polar surface area (TPSA) is 101 Å². The number of hydrogen-bond acceptors (Lipinski definition) is 3. The maximum Gasteiger partial charge on any atom is 0.312 e. The van der Waals surface area contributed by atoms with Crippen molar-refractivity contribution < 1.29 is 9.59 Å². The highest BCUT2D eigenvalue weighted by atomic mass is 35.5. The molecule has 18 heavy (non-hydrogen) atoms. The van der Waals surface area contributed by atoms with Gasteiger partial charge < -0.3 is 21.7 Å². The van der Waals surface area contributed by atoms with Crippen LogP contribution in [-0.2, 0) is 4.79 Å². The number of urea groups is 1. The lowest BCUT2D eigenvalue weighted by Gasteiger charge is -2.35. The number of nitrogens with one attached hydrogen (secondary N) is 1. The molecule has 3 amide bonds. The molecule has 106 valence electrons. The van der Waals surface area contributed by atoms with Crippen molar-refractivity contribution in [1.29, 1.82) is 0 Å². The average Bonchev–Trinajstić information content (AvgIpc) is 2.33. The quantitative estimate of drug-likeness (QED) is 0.669. The number of hydrogen-bond donors (Lipinski definition) is 3. The molecular weight excluding hydrogens is 256 g/mol. The smallest absolute Gasteiger partial charge is 0.312 e. The van der Waals surface area contributed by atoms with E-state index < -0.39 is 6.03 Å². The van der Waals surface area contributed by atoms with Crippen molar-refractivity contribution >= 4 is 24.3 Å². The molecule has 0 aliphatic carbocycles. The minimum atomic E-state index is -0.537. The predicted octanol–water partition coefficient (Wildman–Crippen LogP) is 0.197. The molecule has 0 bridgehead atoms. The van der Waals surface area contributed by atoms with Gasteiger partial charge in [-0.1, -0.05) is 0 Å². The van der Waals surface area contributed by atoms with Crippen LogP contribution in [0.15, 0.2) is 0 Å². The summed E-state index contributed by atoms with van der Waals surface area (Å²) >= 11 is 0. The highest BCUT2D eigenvalue weighted by Crippen LogP contribution is 2.17.